The van der Waals surface area contributed by atoms with Crippen LogP contribution >= 0.6 is 0 Å². The van der Waals surface area contributed by atoms with Crippen molar-refractivity contribution in [2.75, 3.05) is 0 Å². The molecule has 1 saturated carbocycles. The molecule has 0 heterocycles. The number of rotatable bonds is 4. The van der Waals surface area contributed by atoms with Crippen LogP contribution in [0.1, 0.15) is 35.7 Å². The van der Waals surface area contributed by atoms with E-state index >= 15 is 0 Å². The molecule has 0 radical (unpaired) electrons. The summed E-state index contributed by atoms with van der Waals surface area (Å²) in [5.41, 5.74) is 0.793. The maximum atomic E-state index is 11.8. The van der Waals surface area contributed by atoms with Crippen molar-refractivity contribution in [1.82, 2.24) is 5.32 Å². The van der Waals surface area contributed by atoms with Crippen molar-refractivity contribution in [2.45, 2.75) is 31.9 Å². The molecule has 2 rings (SSSR count). The van der Waals surface area contributed by atoms with E-state index in [-0.39, 0.29) is 11.9 Å². The van der Waals surface area contributed by atoms with Gasteiger partial charge in [0.05, 0.1) is 17.2 Å². The Labute approximate surface area is 111 Å². The van der Waals surface area contributed by atoms with Crippen LogP contribution < -0.4 is 5.32 Å². The first-order valence-electron chi connectivity index (χ1n) is 6.11. The number of carbonyl (C=O) groups is 2. The van der Waals surface area contributed by atoms with Crippen LogP contribution in [0.25, 0.3) is 0 Å². The van der Waals surface area contributed by atoms with Gasteiger partial charge in [-0.2, -0.15) is 5.26 Å². The Morgan fingerprint density at radius 3 is 2.53 bits per heavy atom. The SMILES string of the molecule is C[C@H](OC(=O)c1ccc(C#N)cc1)C(=O)NC1CC1. The molecular weight excluding hydrogens is 244 g/mol. The fourth-order valence-corrected chi connectivity index (χ4v) is 1.51. The van der Waals surface area contributed by atoms with Crippen molar-refractivity contribution < 1.29 is 14.3 Å². The zero-order chi connectivity index (χ0) is 13.8. The Balaban J connectivity index is 1.91. The average Bonchev–Trinajstić information content (AvgIpc) is 3.22. The van der Waals surface area contributed by atoms with Gasteiger partial charge in [-0.1, -0.05) is 0 Å². The fourth-order valence-electron chi connectivity index (χ4n) is 1.51. The topological polar surface area (TPSA) is 79.2 Å². The Hall–Kier alpha value is -2.35. The molecule has 5 heteroatoms. The van der Waals surface area contributed by atoms with Gasteiger partial charge in [0.15, 0.2) is 6.10 Å². The quantitative estimate of drug-likeness (QED) is 0.827. The molecule has 1 N–H and O–H groups in total. The number of hydrogen-bond donors (Lipinski definition) is 1. The molecule has 1 atom stereocenters. The predicted octanol–water partition coefficient (Wildman–Crippen LogP) is 1.38. The Morgan fingerprint density at radius 2 is 2.00 bits per heavy atom. The highest BCUT2D eigenvalue weighted by molar-refractivity contribution is 5.92. The van der Waals surface area contributed by atoms with Gasteiger partial charge >= 0.3 is 5.97 Å². The van der Waals surface area contributed by atoms with E-state index < -0.39 is 12.1 Å². The van der Waals surface area contributed by atoms with Crippen molar-refractivity contribution in [1.29, 1.82) is 5.26 Å². The molecule has 1 fully saturated rings. The van der Waals surface area contributed by atoms with E-state index in [1.54, 1.807) is 6.92 Å². The highest BCUT2D eigenvalue weighted by Crippen LogP contribution is 2.19. The number of benzene rings is 1. The molecule has 1 aliphatic carbocycles. The number of carbonyl (C=O) groups excluding carboxylic acids is 2. The van der Waals surface area contributed by atoms with Gasteiger partial charge < -0.3 is 10.1 Å². The summed E-state index contributed by atoms with van der Waals surface area (Å²) in [6.07, 6.45) is 1.16. The number of amides is 1. The lowest BCUT2D eigenvalue weighted by Crippen LogP contribution is -2.37. The summed E-state index contributed by atoms with van der Waals surface area (Å²) in [6, 6.07) is 8.28. The Morgan fingerprint density at radius 1 is 1.37 bits per heavy atom. The lowest BCUT2D eigenvalue weighted by atomic mass is 10.1. The van der Waals surface area contributed by atoms with Crippen LogP contribution in [-0.2, 0) is 9.53 Å². The summed E-state index contributed by atoms with van der Waals surface area (Å²) in [7, 11) is 0. The second kappa shape index (κ2) is 5.53. The minimum atomic E-state index is -0.816. The number of nitrogens with zero attached hydrogens (tertiary/aromatic N) is 1. The summed E-state index contributed by atoms with van der Waals surface area (Å²) in [6.45, 7) is 1.54. The van der Waals surface area contributed by atoms with Gasteiger partial charge in [-0.25, -0.2) is 4.79 Å². The number of nitrogens with one attached hydrogen (secondary N) is 1. The molecule has 5 nitrogen and oxygen atoms in total. The van der Waals surface area contributed by atoms with E-state index in [0.29, 0.717) is 11.1 Å². The average molecular weight is 258 g/mol. The molecule has 1 aromatic carbocycles. The van der Waals surface area contributed by atoms with Crippen LogP contribution in [0.2, 0.25) is 0 Å². The zero-order valence-electron chi connectivity index (χ0n) is 10.6. The Bertz CT molecular complexity index is 527. The summed E-state index contributed by atoms with van der Waals surface area (Å²) in [5.74, 6) is -0.840. The molecule has 1 aromatic rings. The first kappa shape index (κ1) is 13.1. The minimum Gasteiger partial charge on any atom is -0.449 e. The van der Waals surface area contributed by atoms with E-state index in [2.05, 4.69) is 5.32 Å². The largest absolute Gasteiger partial charge is 0.449 e. The first-order valence-corrected chi connectivity index (χ1v) is 6.11. The predicted molar refractivity (Wildman–Crippen MR) is 67.2 cm³/mol. The molecule has 0 aromatic heterocycles. The van der Waals surface area contributed by atoms with Gasteiger partial charge in [0, 0.05) is 6.04 Å². The smallest absolute Gasteiger partial charge is 0.338 e. The van der Waals surface area contributed by atoms with Crippen LogP contribution in [0.3, 0.4) is 0 Å². The van der Waals surface area contributed by atoms with Gasteiger partial charge in [0.25, 0.3) is 5.91 Å². The van der Waals surface area contributed by atoms with E-state index in [9.17, 15) is 9.59 Å². The molecule has 1 aliphatic rings. The van der Waals surface area contributed by atoms with Crippen LogP contribution in [0.5, 0.6) is 0 Å². The third kappa shape index (κ3) is 3.55. The van der Waals surface area contributed by atoms with Gasteiger partial charge in [-0.05, 0) is 44.0 Å². The summed E-state index contributed by atoms with van der Waals surface area (Å²) in [4.78, 5) is 23.4. The monoisotopic (exact) mass is 258 g/mol. The number of hydrogen-bond acceptors (Lipinski definition) is 4. The lowest BCUT2D eigenvalue weighted by molar-refractivity contribution is -0.129. The maximum absolute atomic E-state index is 11.8. The van der Waals surface area contributed by atoms with Crippen LogP contribution in [0.4, 0.5) is 0 Å². The third-order valence-electron chi connectivity index (χ3n) is 2.83. The first-order chi connectivity index (χ1) is 9.10. The molecule has 19 heavy (non-hydrogen) atoms. The van der Waals surface area contributed by atoms with E-state index in [4.69, 9.17) is 10.00 Å². The molecule has 0 unspecified atom stereocenters. The molecule has 1 amide bonds. The van der Waals surface area contributed by atoms with Gasteiger partial charge in [-0.15, -0.1) is 0 Å². The van der Waals surface area contributed by atoms with Crippen LogP contribution in [0.15, 0.2) is 24.3 Å². The molecule has 98 valence electrons. The molecule has 0 bridgehead atoms. The Kier molecular flexibility index (Phi) is 3.81. The second-order valence-electron chi connectivity index (χ2n) is 4.52. The van der Waals surface area contributed by atoms with Crippen molar-refractivity contribution in [3.05, 3.63) is 35.4 Å². The summed E-state index contributed by atoms with van der Waals surface area (Å²) in [5, 5.41) is 11.4. The molecule has 0 spiro atoms. The third-order valence-corrected chi connectivity index (χ3v) is 2.83. The van der Waals surface area contributed by atoms with Crippen LogP contribution in [0, 0.1) is 11.3 Å². The maximum Gasteiger partial charge on any atom is 0.338 e. The normalized spacial score (nSPS) is 15.2. The minimum absolute atomic E-state index is 0.239. The standard InChI is InChI=1S/C14H14N2O3/c1-9(13(17)16-12-6-7-12)19-14(18)11-4-2-10(8-15)3-5-11/h2-5,9,12H,6-7H2,1H3,(H,16,17)/t9-/m0/s1. The highest BCUT2D eigenvalue weighted by atomic mass is 16.5. The second-order valence-corrected chi connectivity index (χ2v) is 4.52. The molecular formula is C14H14N2O3. The van der Waals surface area contributed by atoms with E-state index in [1.807, 2.05) is 6.07 Å². The highest BCUT2D eigenvalue weighted by Gasteiger charge is 2.27. The van der Waals surface area contributed by atoms with Gasteiger partial charge in [0.2, 0.25) is 0 Å². The number of ether oxygens (including phenoxy) is 1. The van der Waals surface area contributed by atoms with Crippen molar-refractivity contribution in [2.24, 2.45) is 0 Å². The van der Waals surface area contributed by atoms with Crippen molar-refractivity contribution in [3.8, 4) is 6.07 Å². The van der Waals surface area contributed by atoms with Crippen molar-refractivity contribution >= 4 is 11.9 Å². The summed E-state index contributed by atoms with van der Waals surface area (Å²) < 4.78 is 5.07. The van der Waals surface area contributed by atoms with Gasteiger partial charge in [0.1, 0.15) is 0 Å². The fraction of sp³-hybridized carbons (Fsp3) is 0.357. The van der Waals surface area contributed by atoms with Crippen molar-refractivity contribution in [3.63, 3.8) is 0 Å². The van der Waals surface area contributed by atoms with Crippen LogP contribution in [-0.4, -0.2) is 24.0 Å². The lowest BCUT2D eigenvalue weighted by Gasteiger charge is -2.13. The van der Waals surface area contributed by atoms with Gasteiger partial charge in [-0.3, -0.25) is 4.79 Å². The number of nitriles is 1. The number of esters is 1. The molecule has 0 saturated heterocycles. The summed E-state index contributed by atoms with van der Waals surface area (Å²) >= 11 is 0. The zero-order valence-corrected chi connectivity index (χ0v) is 10.6. The molecule has 0 aliphatic heterocycles. The van der Waals surface area contributed by atoms with E-state index in [1.165, 1.54) is 24.3 Å². The van der Waals surface area contributed by atoms with E-state index in [0.717, 1.165) is 12.8 Å².